The molecule has 1 aromatic carbocycles. The molecule has 0 radical (unpaired) electrons. The smallest absolute Gasteiger partial charge is 0.115 e. The van der Waals surface area contributed by atoms with E-state index in [1.165, 1.54) is 16.0 Å². The number of aliphatic hydroxyl groups is 1. The molecule has 0 aliphatic heterocycles. The van der Waals surface area contributed by atoms with Crippen LogP contribution in [0.25, 0.3) is 10.1 Å². The second-order valence-corrected chi connectivity index (χ2v) is 7.58. The minimum Gasteiger partial charge on any atom is -0.383 e. The quantitative estimate of drug-likeness (QED) is 0.644. The minimum absolute atomic E-state index is 0.616. The third-order valence-corrected chi connectivity index (χ3v) is 6.25. The van der Waals surface area contributed by atoms with Crippen molar-refractivity contribution in [1.82, 2.24) is 0 Å². The summed E-state index contributed by atoms with van der Waals surface area (Å²) in [5, 5.41) is 14.2. The molecule has 0 aliphatic rings. The molecule has 3 rings (SSSR count). The lowest BCUT2D eigenvalue weighted by Crippen LogP contribution is -1.95. The average Bonchev–Trinajstić information content (AvgIpc) is 2.93. The van der Waals surface area contributed by atoms with Crippen molar-refractivity contribution in [1.29, 1.82) is 0 Å². The summed E-state index contributed by atoms with van der Waals surface area (Å²) in [6, 6.07) is 9.91. The zero-order chi connectivity index (χ0) is 12.7. The van der Waals surface area contributed by atoms with Crippen LogP contribution in [-0.2, 0) is 0 Å². The molecule has 3 aromatic rings. The first-order chi connectivity index (χ1) is 8.66. The zero-order valence-electron chi connectivity index (χ0n) is 9.06. The standard InChI is InChI=1S/C13H8BrClOS2/c14-13-9(15)5-11(18-13)12(16)8-6-17-10-4-2-1-3-7(8)10/h1-6,12,16H. The van der Waals surface area contributed by atoms with Gasteiger partial charge in [0.1, 0.15) is 6.10 Å². The number of halogens is 2. The van der Waals surface area contributed by atoms with E-state index in [1.807, 2.05) is 29.6 Å². The van der Waals surface area contributed by atoms with Gasteiger partial charge in [-0.3, -0.25) is 0 Å². The summed E-state index contributed by atoms with van der Waals surface area (Å²) in [6.07, 6.45) is -0.616. The molecule has 1 atom stereocenters. The molecule has 0 amide bonds. The maximum absolute atomic E-state index is 10.5. The van der Waals surface area contributed by atoms with E-state index in [2.05, 4.69) is 22.0 Å². The SMILES string of the molecule is OC(c1cc(Cl)c(Br)s1)c1csc2ccccc12. The van der Waals surface area contributed by atoms with Crippen LogP contribution < -0.4 is 0 Å². The molecule has 0 fully saturated rings. The molecule has 2 heterocycles. The van der Waals surface area contributed by atoms with Gasteiger partial charge in [-0.1, -0.05) is 29.8 Å². The summed E-state index contributed by atoms with van der Waals surface area (Å²) < 4.78 is 2.05. The van der Waals surface area contributed by atoms with Crippen molar-refractivity contribution >= 4 is 60.3 Å². The van der Waals surface area contributed by atoms with Crippen molar-refractivity contribution in [3.05, 3.63) is 55.0 Å². The molecule has 1 unspecified atom stereocenters. The number of aliphatic hydroxyl groups excluding tert-OH is 1. The van der Waals surface area contributed by atoms with E-state index in [9.17, 15) is 5.11 Å². The van der Waals surface area contributed by atoms with Crippen molar-refractivity contribution in [2.75, 3.05) is 0 Å². The summed E-state index contributed by atoms with van der Waals surface area (Å²) >= 11 is 12.5. The van der Waals surface area contributed by atoms with Crippen LogP contribution in [-0.4, -0.2) is 5.11 Å². The van der Waals surface area contributed by atoms with Crippen LogP contribution in [0.1, 0.15) is 16.5 Å². The fourth-order valence-corrected chi connectivity index (χ4v) is 4.59. The molecule has 92 valence electrons. The summed E-state index contributed by atoms with van der Waals surface area (Å²) in [6.45, 7) is 0. The zero-order valence-corrected chi connectivity index (χ0v) is 13.0. The van der Waals surface area contributed by atoms with E-state index in [-0.39, 0.29) is 0 Å². The minimum atomic E-state index is -0.616. The van der Waals surface area contributed by atoms with Gasteiger partial charge in [-0.2, -0.15) is 0 Å². The number of hydrogen-bond donors (Lipinski definition) is 1. The van der Waals surface area contributed by atoms with Crippen LogP contribution in [0.2, 0.25) is 5.02 Å². The number of hydrogen-bond acceptors (Lipinski definition) is 3. The molecule has 18 heavy (non-hydrogen) atoms. The van der Waals surface area contributed by atoms with Crippen molar-refractivity contribution in [2.45, 2.75) is 6.10 Å². The Kier molecular flexibility index (Phi) is 3.47. The second-order valence-electron chi connectivity index (χ2n) is 3.86. The lowest BCUT2D eigenvalue weighted by Gasteiger charge is -2.07. The van der Waals surface area contributed by atoms with Crippen LogP contribution in [0.15, 0.2) is 39.5 Å². The predicted octanol–water partition coefficient (Wildman–Crippen LogP) is 5.46. The van der Waals surface area contributed by atoms with Gasteiger partial charge in [-0.05, 0) is 38.8 Å². The monoisotopic (exact) mass is 358 g/mol. The predicted molar refractivity (Wildman–Crippen MR) is 82.9 cm³/mol. The van der Waals surface area contributed by atoms with Gasteiger partial charge in [0, 0.05) is 15.1 Å². The number of fused-ring (bicyclic) bond motifs is 1. The average molecular weight is 360 g/mol. The van der Waals surface area contributed by atoms with E-state index in [0.29, 0.717) is 5.02 Å². The Hall–Kier alpha value is -0.390. The number of rotatable bonds is 2. The Morgan fingerprint density at radius 2 is 2.06 bits per heavy atom. The largest absolute Gasteiger partial charge is 0.383 e. The Bertz CT molecular complexity index is 684. The summed E-state index contributed by atoms with van der Waals surface area (Å²) in [4.78, 5) is 0.857. The highest BCUT2D eigenvalue weighted by Gasteiger charge is 2.18. The van der Waals surface area contributed by atoms with Crippen LogP contribution in [0.3, 0.4) is 0 Å². The molecule has 2 aromatic heterocycles. The molecular weight excluding hydrogens is 352 g/mol. The molecule has 1 nitrogen and oxygen atoms in total. The van der Waals surface area contributed by atoms with Crippen molar-refractivity contribution in [3.63, 3.8) is 0 Å². The summed E-state index contributed by atoms with van der Waals surface area (Å²) in [5.74, 6) is 0. The van der Waals surface area contributed by atoms with Gasteiger partial charge in [0.05, 0.1) is 8.81 Å². The van der Waals surface area contributed by atoms with Gasteiger partial charge in [0.15, 0.2) is 0 Å². The third kappa shape index (κ3) is 2.12. The van der Waals surface area contributed by atoms with Crippen molar-refractivity contribution in [2.24, 2.45) is 0 Å². The van der Waals surface area contributed by atoms with E-state index < -0.39 is 6.10 Å². The molecule has 5 heteroatoms. The Labute approximate surface area is 126 Å². The fourth-order valence-electron chi connectivity index (χ4n) is 1.86. The lowest BCUT2D eigenvalue weighted by atomic mass is 10.1. The van der Waals surface area contributed by atoms with Crippen LogP contribution >= 0.6 is 50.2 Å². The van der Waals surface area contributed by atoms with Gasteiger partial charge in [0.2, 0.25) is 0 Å². The molecular formula is C13H8BrClOS2. The van der Waals surface area contributed by atoms with Gasteiger partial charge >= 0.3 is 0 Å². The Balaban J connectivity index is 2.09. The molecule has 0 bridgehead atoms. The molecule has 0 saturated heterocycles. The highest BCUT2D eigenvalue weighted by Crippen LogP contribution is 2.40. The van der Waals surface area contributed by atoms with Crippen molar-refractivity contribution in [3.8, 4) is 0 Å². The number of benzene rings is 1. The molecule has 1 N–H and O–H groups in total. The van der Waals surface area contributed by atoms with Gasteiger partial charge in [-0.25, -0.2) is 0 Å². The maximum Gasteiger partial charge on any atom is 0.115 e. The van der Waals surface area contributed by atoms with E-state index in [4.69, 9.17) is 11.6 Å². The first-order valence-electron chi connectivity index (χ1n) is 5.25. The highest BCUT2D eigenvalue weighted by atomic mass is 79.9. The molecule has 0 saturated carbocycles. The molecule has 0 spiro atoms. The summed E-state index contributed by atoms with van der Waals surface area (Å²) in [7, 11) is 0. The van der Waals surface area contributed by atoms with Gasteiger partial charge in [-0.15, -0.1) is 22.7 Å². The topological polar surface area (TPSA) is 20.2 Å². The summed E-state index contributed by atoms with van der Waals surface area (Å²) in [5.41, 5.74) is 0.945. The van der Waals surface area contributed by atoms with E-state index in [1.54, 1.807) is 11.3 Å². The number of thiophene rings is 2. The first-order valence-corrected chi connectivity index (χ1v) is 8.12. The molecule has 0 aliphatic carbocycles. The van der Waals surface area contributed by atoms with Crippen LogP contribution in [0.5, 0.6) is 0 Å². The first kappa shape index (κ1) is 12.6. The van der Waals surface area contributed by atoms with E-state index >= 15 is 0 Å². The Morgan fingerprint density at radius 1 is 1.28 bits per heavy atom. The second kappa shape index (κ2) is 4.94. The normalized spacial score (nSPS) is 13.1. The van der Waals surface area contributed by atoms with Gasteiger partial charge < -0.3 is 5.11 Å². The Morgan fingerprint density at radius 3 is 2.78 bits per heavy atom. The maximum atomic E-state index is 10.5. The highest BCUT2D eigenvalue weighted by molar-refractivity contribution is 9.11. The van der Waals surface area contributed by atoms with Crippen LogP contribution in [0.4, 0.5) is 0 Å². The fraction of sp³-hybridized carbons (Fsp3) is 0.0769. The lowest BCUT2D eigenvalue weighted by molar-refractivity contribution is 0.226. The van der Waals surface area contributed by atoms with Crippen molar-refractivity contribution < 1.29 is 5.11 Å². The van der Waals surface area contributed by atoms with Crippen LogP contribution in [0, 0.1) is 0 Å². The van der Waals surface area contributed by atoms with E-state index in [0.717, 1.165) is 19.6 Å². The van der Waals surface area contributed by atoms with Gasteiger partial charge in [0.25, 0.3) is 0 Å². The third-order valence-electron chi connectivity index (χ3n) is 2.74.